The van der Waals surface area contributed by atoms with E-state index in [1.165, 1.54) is 41.9 Å². The van der Waals surface area contributed by atoms with Crippen molar-refractivity contribution < 1.29 is 14.7 Å². The molecule has 0 aliphatic heterocycles. The molecule has 0 bridgehead atoms. The molecule has 0 aliphatic carbocycles. The number of carbonyl (C=O) groups is 2. The summed E-state index contributed by atoms with van der Waals surface area (Å²) in [6.07, 6.45) is 4.44. The molecule has 0 atom stereocenters. The van der Waals surface area contributed by atoms with Crippen LogP contribution in [0, 0.1) is 0 Å². The van der Waals surface area contributed by atoms with Crippen molar-refractivity contribution in [2.75, 3.05) is 12.3 Å². The molecule has 192 valence electrons. The Balaban J connectivity index is 0.000000198. The van der Waals surface area contributed by atoms with Crippen molar-refractivity contribution in [1.29, 1.82) is 0 Å². The molecular weight excluding hydrogens is 583 g/mol. The number of carboxylic acid groups (broad SMARTS) is 1. The van der Waals surface area contributed by atoms with Crippen LogP contribution in [-0.2, 0) is 0 Å². The highest BCUT2D eigenvalue weighted by atomic mass is 35.5. The Hall–Kier alpha value is -3.49. The number of halogens is 3. The van der Waals surface area contributed by atoms with E-state index in [4.69, 9.17) is 51.4 Å². The van der Waals surface area contributed by atoms with E-state index in [9.17, 15) is 9.59 Å². The highest BCUT2D eigenvalue weighted by Crippen LogP contribution is 2.25. The van der Waals surface area contributed by atoms with Crippen LogP contribution in [-0.4, -0.2) is 53.7 Å². The van der Waals surface area contributed by atoms with Gasteiger partial charge in [0.2, 0.25) is 5.13 Å². The third-order valence-corrected chi connectivity index (χ3v) is 5.43. The zero-order valence-corrected chi connectivity index (χ0v) is 22.4. The third kappa shape index (κ3) is 11.0. The minimum atomic E-state index is -0.996. The Morgan fingerprint density at radius 3 is 1.92 bits per heavy atom. The molecule has 0 radical (unpaired) electrons. The van der Waals surface area contributed by atoms with E-state index in [1.54, 1.807) is 18.3 Å². The molecule has 16 heteroatoms. The maximum absolute atomic E-state index is 11.4. The molecule has 37 heavy (non-hydrogen) atoms. The Morgan fingerprint density at radius 2 is 1.46 bits per heavy atom. The molecule has 4 heterocycles. The first kappa shape index (κ1) is 29.7. The summed E-state index contributed by atoms with van der Waals surface area (Å²) < 4.78 is 0. The number of thiocarbonyl (C=S) groups is 1. The standard InChI is InChI=1S/C8H8ClN3OS.C7H5ClN4S.C6H4ClNO2/c9-7-3-5(1-2-11-7)6(13)4-12-8(10)14;8-5-3-4(1-2-10-5)6-11-12-7(9)13-6;7-5-3-4(6(9)10)1-2-8-5/h1-3H,4H2,(H3,10,12,14);1-3H,(H2,9,12);1-3H,(H,9,10). The summed E-state index contributed by atoms with van der Waals surface area (Å²) in [5.41, 5.74) is 12.1. The number of ketones is 1. The molecule has 0 aromatic carbocycles. The predicted molar refractivity (Wildman–Crippen MR) is 147 cm³/mol. The number of nitrogens with two attached hydrogens (primary N) is 2. The third-order valence-electron chi connectivity index (χ3n) is 3.86. The minimum Gasteiger partial charge on any atom is -0.478 e. The van der Waals surface area contributed by atoms with Crippen LogP contribution < -0.4 is 16.8 Å². The number of nitrogen functional groups attached to an aromatic ring is 1. The van der Waals surface area contributed by atoms with Gasteiger partial charge in [-0.25, -0.2) is 19.7 Å². The smallest absolute Gasteiger partial charge is 0.335 e. The van der Waals surface area contributed by atoms with Crippen molar-refractivity contribution in [2.45, 2.75) is 0 Å². The van der Waals surface area contributed by atoms with Crippen LogP contribution in [0.3, 0.4) is 0 Å². The van der Waals surface area contributed by atoms with Crippen molar-refractivity contribution in [2.24, 2.45) is 5.73 Å². The molecule has 0 saturated heterocycles. The summed E-state index contributed by atoms with van der Waals surface area (Å²) in [4.78, 5) is 33.0. The zero-order chi connectivity index (χ0) is 27.4. The fourth-order valence-electron chi connectivity index (χ4n) is 2.27. The first-order valence-corrected chi connectivity index (χ1v) is 12.1. The van der Waals surface area contributed by atoms with Crippen molar-refractivity contribution in [3.8, 4) is 10.6 Å². The number of aromatic carboxylic acids is 1. The van der Waals surface area contributed by atoms with Gasteiger partial charge in [0, 0.05) is 29.7 Å². The SMILES string of the molecule is NC(=S)NCC(=O)c1ccnc(Cl)c1.Nc1nnc(-c2ccnc(Cl)c2)s1.O=C(O)c1ccnc(Cl)c1. The van der Waals surface area contributed by atoms with Gasteiger partial charge >= 0.3 is 5.97 Å². The summed E-state index contributed by atoms with van der Waals surface area (Å²) in [5.74, 6) is -1.13. The van der Waals surface area contributed by atoms with Crippen LogP contribution >= 0.6 is 58.4 Å². The fourth-order valence-corrected chi connectivity index (χ4v) is 3.47. The minimum absolute atomic E-state index is 0.0652. The van der Waals surface area contributed by atoms with Gasteiger partial charge in [-0.1, -0.05) is 46.1 Å². The number of hydrogen-bond acceptors (Lipinski definition) is 10. The lowest BCUT2D eigenvalue weighted by Crippen LogP contribution is -2.33. The number of hydrogen-bond donors (Lipinski definition) is 4. The first-order valence-electron chi connectivity index (χ1n) is 9.79. The number of nitrogens with one attached hydrogen (secondary N) is 1. The topological polar surface area (TPSA) is 183 Å². The lowest BCUT2D eigenvalue weighted by molar-refractivity contribution is 0.0696. The quantitative estimate of drug-likeness (QED) is 0.147. The number of aromatic nitrogens is 5. The molecule has 0 unspecified atom stereocenters. The van der Waals surface area contributed by atoms with Crippen molar-refractivity contribution in [3.05, 3.63) is 81.6 Å². The van der Waals surface area contributed by atoms with Gasteiger partial charge in [0.05, 0.1) is 12.1 Å². The fraction of sp³-hybridized carbons (Fsp3) is 0.0476. The highest BCUT2D eigenvalue weighted by molar-refractivity contribution is 7.80. The second kappa shape index (κ2) is 14.9. The average Bonchev–Trinajstić information content (AvgIpc) is 3.29. The molecule has 4 aromatic rings. The molecule has 0 amide bonds. The molecule has 11 nitrogen and oxygen atoms in total. The highest BCUT2D eigenvalue weighted by Gasteiger charge is 2.06. The van der Waals surface area contributed by atoms with E-state index >= 15 is 0 Å². The van der Waals surface area contributed by atoms with E-state index in [0.717, 1.165) is 10.6 Å². The van der Waals surface area contributed by atoms with E-state index < -0.39 is 5.97 Å². The van der Waals surface area contributed by atoms with Crippen LogP contribution in [0.5, 0.6) is 0 Å². The summed E-state index contributed by atoms with van der Waals surface area (Å²) in [6, 6.07) is 9.28. The number of carboxylic acids is 1. The van der Waals surface area contributed by atoms with Gasteiger partial charge in [-0.3, -0.25) is 4.79 Å². The lowest BCUT2D eigenvalue weighted by atomic mass is 10.2. The molecule has 6 N–H and O–H groups in total. The second-order valence-corrected chi connectivity index (χ2v) is 9.10. The number of pyridine rings is 3. The number of rotatable bonds is 5. The van der Waals surface area contributed by atoms with Crippen LogP contribution in [0.4, 0.5) is 5.13 Å². The lowest BCUT2D eigenvalue weighted by Gasteiger charge is -2.02. The Labute approximate surface area is 234 Å². The molecule has 0 spiro atoms. The largest absolute Gasteiger partial charge is 0.478 e. The zero-order valence-electron chi connectivity index (χ0n) is 18.5. The monoisotopic (exact) mass is 598 g/mol. The van der Waals surface area contributed by atoms with E-state index in [2.05, 4.69) is 42.7 Å². The Kier molecular flexibility index (Phi) is 12.0. The van der Waals surface area contributed by atoms with Crippen molar-refractivity contribution in [3.63, 3.8) is 0 Å². The molecule has 0 aliphatic rings. The van der Waals surface area contributed by atoms with Crippen molar-refractivity contribution in [1.82, 2.24) is 30.5 Å². The first-order chi connectivity index (χ1) is 17.5. The normalized spacial score (nSPS) is 9.70. The van der Waals surface area contributed by atoms with Crippen LogP contribution in [0.25, 0.3) is 10.6 Å². The van der Waals surface area contributed by atoms with Crippen LogP contribution in [0.2, 0.25) is 15.5 Å². The molecule has 4 rings (SSSR count). The summed E-state index contributed by atoms with van der Waals surface area (Å²) >= 11 is 22.6. The summed E-state index contributed by atoms with van der Waals surface area (Å²) in [7, 11) is 0. The maximum atomic E-state index is 11.4. The van der Waals surface area contributed by atoms with Gasteiger partial charge in [0.25, 0.3) is 0 Å². The van der Waals surface area contributed by atoms with Crippen LogP contribution in [0.15, 0.2) is 55.0 Å². The van der Waals surface area contributed by atoms with E-state index in [-0.39, 0.29) is 33.3 Å². The van der Waals surface area contributed by atoms with Gasteiger partial charge in [-0.15, -0.1) is 10.2 Å². The summed E-state index contributed by atoms with van der Waals surface area (Å²) in [6.45, 7) is 0.0652. The maximum Gasteiger partial charge on any atom is 0.335 e. The number of anilines is 1. The Morgan fingerprint density at radius 1 is 0.919 bits per heavy atom. The molecular formula is C21H17Cl3N8O3S2. The number of carbonyl (C=O) groups excluding carboxylic acids is 1. The second-order valence-electron chi connectivity index (χ2n) is 6.49. The molecule has 4 aromatic heterocycles. The molecule has 0 fully saturated rings. The van der Waals surface area contributed by atoms with Gasteiger partial charge in [-0.2, -0.15) is 0 Å². The van der Waals surface area contributed by atoms with Gasteiger partial charge < -0.3 is 21.9 Å². The number of nitrogens with zero attached hydrogens (tertiary/aromatic N) is 5. The van der Waals surface area contributed by atoms with Crippen molar-refractivity contribution >= 4 is 80.4 Å². The van der Waals surface area contributed by atoms with Gasteiger partial charge in [-0.05, 0) is 48.6 Å². The summed E-state index contributed by atoms with van der Waals surface area (Å²) in [5, 5.41) is 20.8. The predicted octanol–water partition coefficient (Wildman–Crippen LogP) is 4.02. The van der Waals surface area contributed by atoms with E-state index in [0.29, 0.717) is 15.8 Å². The molecule has 0 saturated carbocycles. The van der Waals surface area contributed by atoms with Gasteiger partial charge in [0.15, 0.2) is 10.9 Å². The van der Waals surface area contributed by atoms with Crippen LogP contribution in [0.1, 0.15) is 20.7 Å². The van der Waals surface area contributed by atoms with E-state index in [1.807, 2.05) is 6.07 Å². The Bertz CT molecular complexity index is 1390. The number of Topliss-reactive ketones (excluding diaryl/α,β-unsaturated/α-hetero) is 1. The van der Waals surface area contributed by atoms with Gasteiger partial charge in [0.1, 0.15) is 20.5 Å². The average molecular weight is 600 g/mol.